The molecule has 3 aromatic carbocycles. The lowest BCUT2D eigenvalue weighted by Gasteiger charge is -2.25. The van der Waals surface area contributed by atoms with Crippen LogP contribution in [-0.2, 0) is 10.5 Å². The first kappa shape index (κ1) is 19.6. The average molecular weight is 428 g/mol. The highest BCUT2D eigenvalue weighted by atomic mass is 32.2. The van der Waals surface area contributed by atoms with Crippen LogP contribution in [0, 0.1) is 6.92 Å². The number of aromatic nitrogens is 2. The van der Waals surface area contributed by atoms with Gasteiger partial charge < -0.3 is 10.3 Å². The summed E-state index contributed by atoms with van der Waals surface area (Å²) in [5.41, 5.74) is 3.64. The van der Waals surface area contributed by atoms with Crippen LogP contribution < -0.4 is 10.9 Å². The van der Waals surface area contributed by atoms with Crippen molar-refractivity contribution in [3.63, 3.8) is 0 Å². The molecule has 0 radical (unpaired) electrons. The van der Waals surface area contributed by atoms with E-state index in [1.54, 1.807) is 0 Å². The van der Waals surface area contributed by atoms with E-state index in [-0.39, 0.29) is 23.8 Å². The third-order valence-electron chi connectivity index (χ3n) is 5.59. The highest BCUT2D eigenvalue weighted by molar-refractivity contribution is 7.98. The molecular formula is C25H21N3O2S. The number of nitrogens with zero attached hydrogens (tertiary/aromatic N) is 1. The number of carbonyl (C=O) groups excluding carboxylic acids is 1. The summed E-state index contributed by atoms with van der Waals surface area (Å²) in [6, 6.07) is 22.3. The number of hydrogen-bond acceptors (Lipinski definition) is 4. The van der Waals surface area contributed by atoms with Gasteiger partial charge in [0.25, 0.3) is 5.56 Å². The smallest absolute Gasteiger partial charge is 0.257 e. The second-order valence-corrected chi connectivity index (χ2v) is 8.75. The number of fused-ring (bicyclic) bond motifs is 2. The van der Waals surface area contributed by atoms with E-state index in [0.717, 1.165) is 21.9 Å². The fourth-order valence-electron chi connectivity index (χ4n) is 4.19. The van der Waals surface area contributed by atoms with Gasteiger partial charge in [-0.3, -0.25) is 9.59 Å². The molecule has 2 N–H and O–H groups in total. The predicted molar refractivity (Wildman–Crippen MR) is 125 cm³/mol. The van der Waals surface area contributed by atoms with Crippen LogP contribution in [0.3, 0.4) is 0 Å². The number of carbonyl (C=O) groups is 1. The molecule has 1 aliphatic rings. The van der Waals surface area contributed by atoms with Gasteiger partial charge >= 0.3 is 0 Å². The highest BCUT2D eigenvalue weighted by Gasteiger charge is 2.31. The number of benzene rings is 3. The number of H-pyrrole nitrogens is 1. The van der Waals surface area contributed by atoms with E-state index in [9.17, 15) is 9.59 Å². The van der Waals surface area contributed by atoms with Gasteiger partial charge in [0.05, 0.1) is 5.56 Å². The second-order valence-electron chi connectivity index (χ2n) is 7.78. The molecule has 5 rings (SSSR count). The van der Waals surface area contributed by atoms with E-state index in [1.165, 1.54) is 17.3 Å². The van der Waals surface area contributed by atoms with Crippen LogP contribution in [0.15, 0.2) is 76.7 Å². The molecule has 6 heteroatoms. The highest BCUT2D eigenvalue weighted by Crippen LogP contribution is 2.37. The molecule has 0 aliphatic carbocycles. The number of thioether (sulfide) groups is 1. The molecule has 154 valence electrons. The number of aryl methyl sites for hydroxylation is 1. The van der Waals surface area contributed by atoms with Gasteiger partial charge in [-0.1, -0.05) is 84.1 Å². The molecule has 0 saturated carbocycles. The van der Waals surface area contributed by atoms with Gasteiger partial charge in [0.1, 0.15) is 5.82 Å². The quantitative estimate of drug-likeness (QED) is 0.355. The van der Waals surface area contributed by atoms with Crippen LogP contribution in [0.1, 0.15) is 34.6 Å². The fourth-order valence-corrected chi connectivity index (χ4v) is 5.00. The first-order chi connectivity index (χ1) is 15.1. The van der Waals surface area contributed by atoms with Crippen LogP contribution in [0.25, 0.3) is 10.8 Å². The van der Waals surface area contributed by atoms with Crippen LogP contribution in [0.4, 0.5) is 5.82 Å². The summed E-state index contributed by atoms with van der Waals surface area (Å²) in [7, 11) is 0. The maximum Gasteiger partial charge on any atom is 0.257 e. The lowest BCUT2D eigenvalue weighted by Crippen LogP contribution is -2.31. The first-order valence-corrected chi connectivity index (χ1v) is 11.2. The van der Waals surface area contributed by atoms with Gasteiger partial charge in [-0.15, -0.1) is 0 Å². The minimum Gasteiger partial charge on any atom is -0.310 e. The lowest BCUT2D eigenvalue weighted by molar-refractivity contribution is -0.116. The number of rotatable bonds is 4. The van der Waals surface area contributed by atoms with E-state index < -0.39 is 0 Å². The maximum absolute atomic E-state index is 13.1. The molecule has 31 heavy (non-hydrogen) atoms. The molecule has 0 saturated heterocycles. The molecule has 0 bridgehead atoms. The van der Waals surface area contributed by atoms with Crippen molar-refractivity contribution in [2.45, 2.75) is 30.2 Å². The molecule has 0 spiro atoms. The third kappa shape index (κ3) is 3.86. The van der Waals surface area contributed by atoms with Gasteiger partial charge in [-0.2, -0.15) is 0 Å². The Balaban J connectivity index is 1.53. The van der Waals surface area contributed by atoms with Crippen molar-refractivity contribution < 1.29 is 4.79 Å². The van der Waals surface area contributed by atoms with Crippen molar-refractivity contribution in [1.82, 2.24) is 9.97 Å². The summed E-state index contributed by atoms with van der Waals surface area (Å²) in [6.07, 6.45) is 0.224. The Kier molecular flexibility index (Phi) is 5.08. The lowest BCUT2D eigenvalue weighted by atomic mass is 9.84. The van der Waals surface area contributed by atoms with E-state index >= 15 is 0 Å². The molecule has 1 amide bonds. The Bertz CT molecular complexity index is 1360. The van der Waals surface area contributed by atoms with Gasteiger partial charge in [-0.25, -0.2) is 4.98 Å². The van der Waals surface area contributed by atoms with Gasteiger partial charge in [-0.05, 0) is 28.8 Å². The Morgan fingerprint density at radius 3 is 2.71 bits per heavy atom. The summed E-state index contributed by atoms with van der Waals surface area (Å²) < 4.78 is 0. The molecule has 5 nitrogen and oxygen atoms in total. The Hall–Kier alpha value is -3.38. The SMILES string of the molecule is Cc1cccc(CSc2nc3c(c(=O)[nH]2)C(c2cccc4ccccc24)CC(=O)N3)c1. The van der Waals surface area contributed by atoms with Gasteiger partial charge in [0.15, 0.2) is 5.16 Å². The van der Waals surface area contributed by atoms with E-state index in [2.05, 4.69) is 40.4 Å². The van der Waals surface area contributed by atoms with Crippen molar-refractivity contribution in [2.75, 3.05) is 5.32 Å². The van der Waals surface area contributed by atoms with Crippen molar-refractivity contribution in [2.24, 2.45) is 0 Å². The molecule has 2 heterocycles. The number of anilines is 1. The largest absolute Gasteiger partial charge is 0.310 e. The summed E-state index contributed by atoms with van der Waals surface area (Å²) in [4.78, 5) is 33.2. The monoisotopic (exact) mass is 427 g/mol. The topological polar surface area (TPSA) is 74.8 Å². The van der Waals surface area contributed by atoms with Crippen LogP contribution in [0.5, 0.6) is 0 Å². The summed E-state index contributed by atoms with van der Waals surface area (Å²) in [5, 5.41) is 5.45. The van der Waals surface area contributed by atoms with Crippen LogP contribution in [-0.4, -0.2) is 15.9 Å². The molecule has 4 aromatic rings. The van der Waals surface area contributed by atoms with E-state index in [1.807, 2.05) is 48.5 Å². The average Bonchev–Trinajstić information content (AvgIpc) is 2.76. The number of hydrogen-bond donors (Lipinski definition) is 2. The van der Waals surface area contributed by atoms with E-state index in [0.29, 0.717) is 22.3 Å². The number of nitrogens with one attached hydrogen (secondary N) is 2. The van der Waals surface area contributed by atoms with Gasteiger partial charge in [0, 0.05) is 18.1 Å². The first-order valence-electron chi connectivity index (χ1n) is 10.2. The number of amides is 1. The molecular weight excluding hydrogens is 406 g/mol. The Labute approximate surface area is 183 Å². The van der Waals surface area contributed by atoms with Crippen molar-refractivity contribution in [3.8, 4) is 0 Å². The second kappa shape index (κ2) is 8.04. The Morgan fingerprint density at radius 1 is 1.03 bits per heavy atom. The third-order valence-corrected chi connectivity index (χ3v) is 6.53. The molecule has 1 aromatic heterocycles. The van der Waals surface area contributed by atoms with Gasteiger partial charge in [0.2, 0.25) is 5.91 Å². The molecule has 0 fully saturated rings. The molecule has 1 aliphatic heterocycles. The zero-order valence-electron chi connectivity index (χ0n) is 17.0. The Morgan fingerprint density at radius 2 is 1.84 bits per heavy atom. The van der Waals surface area contributed by atoms with Crippen molar-refractivity contribution in [1.29, 1.82) is 0 Å². The minimum absolute atomic E-state index is 0.127. The van der Waals surface area contributed by atoms with E-state index in [4.69, 9.17) is 0 Å². The summed E-state index contributed by atoms with van der Waals surface area (Å²) in [6.45, 7) is 2.05. The van der Waals surface area contributed by atoms with Crippen LogP contribution >= 0.6 is 11.8 Å². The minimum atomic E-state index is -0.332. The zero-order valence-corrected chi connectivity index (χ0v) is 17.8. The molecule has 1 atom stereocenters. The van der Waals surface area contributed by atoms with Crippen molar-refractivity contribution in [3.05, 3.63) is 99.3 Å². The maximum atomic E-state index is 13.1. The summed E-state index contributed by atoms with van der Waals surface area (Å²) in [5.74, 6) is 0.592. The predicted octanol–water partition coefficient (Wildman–Crippen LogP) is 5.00. The normalized spacial score (nSPS) is 15.5. The zero-order chi connectivity index (χ0) is 21.4. The molecule has 1 unspecified atom stereocenters. The summed E-state index contributed by atoms with van der Waals surface area (Å²) >= 11 is 1.45. The van der Waals surface area contributed by atoms with Crippen LogP contribution in [0.2, 0.25) is 0 Å². The number of aromatic amines is 1. The fraction of sp³-hybridized carbons (Fsp3) is 0.160. The standard InChI is InChI=1S/C25H21N3O2S/c1-15-6-4-7-16(12-15)14-31-25-27-23-22(24(30)28-25)20(13-21(29)26-23)19-11-5-9-17-8-2-3-10-18(17)19/h2-12,20H,13-14H2,1H3,(H2,26,27,28,29,30). The van der Waals surface area contributed by atoms with Crippen molar-refractivity contribution >= 4 is 34.3 Å².